The second-order valence-electron chi connectivity index (χ2n) is 6.14. The maximum Gasteiger partial charge on any atom is 0.337 e. The lowest BCUT2D eigenvalue weighted by Gasteiger charge is -2.18. The molecule has 0 spiro atoms. The summed E-state index contributed by atoms with van der Waals surface area (Å²) in [6.45, 7) is 4.45. The number of carbonyl (C=O) groups excluding carboxylic acids is 1. The molecule has 2 amide bonds. The number of anilines is 1. The third kappa shape index (κ3) is 5.18. The van der Waals surface area contributed by atoms with Crippen LogP contribution in [0.3, 0.4) is 0 Å². The standard InChI is InChI=1S/C18H21N3O5/c1-11-6-7-19-15(8-11)26-14-9-13(5-4-12(14)2)21-17(24)20-10-18(3,25)16(22)23/h4-9,25H,10H2,1-3H3,(H,22,23)(H2,20,21,24). The van der Waals surface area contributed by atoms with Crippen molar-refractivity contribution < 1.29 is 24.5 Å². The third-order valence-corrected chi connectivity index (χ3v) is 3.60. The first-order chi connectivity index (χ1) is 12.2. The largest absolute Gasteiger partial charge is 0.479 e. The van der Waals surface area contributed by atoms with Crippen molar-refractivity contribution in [1.82, 2.24) is 10.3 Å². The van der Waals surface area contributed by atoms with Gasteiger partial charge in [-0.1, -0.05) is 6.07 Å². The van der Waals surface area contributed by atoms with Crippen LogP contribution in [0.25, 0.3) is 0 Å². The Hall–Kier alpha value is -3.13. The van der Waals surface area contributed by atoms with E-state index in [9.17, 15) is 14.7 Å². The van der Waals surface area contributed by atoms with Gasteiger partial charge in [0, 0.05) is 24.0 Å². The zero-order valence-electron chi connectivity index (χ0n) is 14.7. The molecule has 0 saturated carbocycles. The molecule has 8 nitrogen and oxygen atoms in total. The SMILES string of the molecule is Cc1ccnc(Oc2cc(NC(=O)NCC(C)(O)C(=O)O)ccc2C)c1. The molecule has 0 radical (unpaired) electrons. The first kappa shape index (κ1) is 19.2. The van der Waals surface area contributed by atoms with Crippen LogP contribution in [0.15, 0.2) is 36.5 Å². The maximum absolute atomic E-state index is 11.9. The number of carboxylic acids is 1. The normalized spacial score (nSPS) is 12.8. The maximum atomic E-state index is 11.9. The zero-order chi connectivity index (χ0) is 19.3. The quantitative estimate of drug-likeness (QED) is 0.629. The number of urea groups is 1. The Kier molecular flexibility index (Phi) is 5.78. The van der Waals surface area contributed by atoms with E-state index >= 15 is 0 Å². The molecule has 1 heterocycles. The Balaban J connectivity index is 2.04. The second kappa shape index (κ2) is 7.83. The fraction of sp³-hybridized carbons (Fsp3) is 0.278. The van der Waals surface area contributed by atoms with E-state index in [2.05, 4.69) is 15.6 Å². The van der Waals surface area contributed by atoms with Crippen molar-refractivity contribution in [2.45, 2.75) is 26.4 Å². The molecule has 0 fully saturated rings. The van der Waals surface area contributed by atoms with Crippen molar-refractivity contribution in [2.24, 2.45) is 0 Å². The van der Waals surface area contributed by atoms with Crippen molar-refractivity contribution >= 4 is 17.7 Å². The summed E-state index contributed by atoms with van der Waals surface area (Å²) < 4.78 is 5.76. The Morgan fingerprint density at radius 2 is 1.96 bits per heavy atom. The van der Waals surface area contributed by atoms with Crippen molar-refractivity contribution in [2.75, 3.05) is 11.9 Å². The van der Waals surface area contributed by atoms with E-state index in [4.69, 9.17) is 9.84 Å². The summed E-state index contributed by atoms with van der Waals surface area (Å²) in [4.78, 5) is 26.9. The summed E-state index contributed by atoms with van der Waals surface area (Å²) >= 11 is 0. The molecule has 0 aliphatic carbocycles. The molecule has 0 aliphatic heterocycles. The van der Waals surface area contributed by atoms with Gasteiger partial charge in [-0.15, -0.1) is 0 Å². The predicted octanol–water partition coefficient (Wildman–Crippen LogP) is 2.45. The molecule has 8 heteroatoms. The van der Waals surface area contributed by atoms with Crippen LogP contribution in [-0.4, -0.2) is 39.3 Å². The molecule has 1 aromatic heterocycles. The van der Waals surface area contributed by atoms with E-state index < -0.39 is 24.1 Å². The molecule has 1 aromatic carbocycles. The average molecular weight is 359 g/mol. The highest BCUT2D eigenvalue weighted by atomic mass is 16.5. The Bertz CT molecular complexity index is 820. The topological polar surface area (TPSA) is 121 Å². The van der Waals surface area contributed by atoms with E-state index in [0.717, 1.165) is 18.1 Å². The van der Waals surface area contributed by atoms with Gasteiger partial charge >= 0.3 is 12.0 Å². The van der Waals surface area contributed by atoms with Crippen LogP contribution in [0.5, 0.6) is 11.6 Å². The van der Waals surface area contributed by atoms with E-state index in [0.29, 0.717) is 17.3 Å². The molecular formula is C18H21N3O5. The van der Waals surface area contributed by atoms with E-state index in [1.807, 2.05) is 19.9 Å². The number of ether oxygens (including phenoxy) is 1. The lowest BCUT2D eigenvalue weighted by molar-refractivity contribution is -0.155. The van der Waals surface area contributed by atoms with Gasteiger partial charge in [-0.3, -0.25) is 0 Å². The van der Waals surface area contributed by atoms with Gasteiger partial charge < -0.3 is 25.6 Å². The molecule has 1 unspecified atom stereocenters. The molecular weight excluding hydrogens is 338 g/mol. The van der Waals surface area contributed by atoms with Gasteiger partial charge in [-0.2, -0.15) is 0 Å². The summed E-state index contributed by atoms with van der Waals surface area (Å²) in [5, 5.41) is 23.3. The van der Waals surface area contributed by atoms with E-state index in [1.54, 1.807) is 30.5 Å². The van der Waals surface area contributed by atoms with Crippen LogP contribution in [0.1, 0.15) is 18.1 Å². The zero-order valence-corrected chi connectivity index (χ0v) is 14.7. The van der Waals surface area contributed by atoms with E-state index in [1.165, 1.54) is 0 Å². The summed E-state index contributed by atoms with van der Waals surface area (Å²) in [7, 11) is 0. The van der Waals surface area contributed by atoms with Crippen molar-refractivity contribution in [3.05, 3.63) is 47.7 Å². The number of nitrogens with one attached hydrogen (secondary N) is 2. The highest BCUT2D eigenvalue weighted by Gasteiger charge is 2.30. The van der Waals surface area contributed by atoms with Gasteiger partial charge in [0.25, 0.3) is 0 Å². The molecule has 2 aromatic rings. The van der Waals surface area contributed by atoms with Crippen LogP contribution in [0.2, 0.25) is 0 Å². The van der Waals surface area contributed by atoms with E-state index in [-0.39, 0.29) is 0 Å². The summed E-state index contributed by atoms with van der Waals surface area (Å²) in [6, 6.07) is 8.09. The van der Waals surface area contributed by atoms with Crippen LogP contribution < -0.4 is 15.4 Å². The highest BCUT2D eigenvalue weighted by Crippen LogP contribution is 2.27. The lowest BCUT2D eigenvalue weighted by atomic mass is 10.1. The number of benzene rings is 1. The van der Waals surface area contributed by atoms with Gasteiger partial charge in [-0.25, -0.2) is 14.6 Å². The summed E-state index contributed by atoms with van der Waals surface area (Å²) in [5.41, 5.74) is 0.265. The number of carbonyl (C=O) groups is 2. The van der Waals surface area contributed by atoms with Crippen molar-refractivity contribution in [3.63, 3.8) is 0 Å². The minimum Gasteiger partial charge on any atom is -0.479 e. The number of aliphatic carboxylic acids is 1. The number of aromatic nitrogens is 1. The second-order valence-corrected chi connectivity index (χ2v) is 6.14. The number of aliphatic hydroxyl groups is 1. The number of pyridine rings is 1. The van der Waals surface area contributed by atoms with Crippen LogP contribution >= 0.6 is 0 Å². The molecule has 1 atom stereocenters. The molecule has 26 heavy (non-hydrogen) atoms. The van der Waals surface area contributed by atoms with Gasteiger partial charge in [0.15, 0.2) is 5.60 Å². The number of amides is 2. The number of hydrogen-bond donors (Lipinski definition) is 4. The summed E-state index contributed by atoms with van der Waals surface area (Å²) in [6.07, 6.45) is 1.64. The van der Waals surface area contributed by atoms with Gasteiger partial charge in [0.05, 0.1) is 6.54 Å². The number of hydrogen-bond acceptors (Lipinski definition) is 5. The van der Waals surface area contributed by atoms with Gasteiger partial charge in [0.1, 0.15) is 5.75 Å². The minimum atomic E-state index is -2.05. The number of nitrogens with zero attached hydrogens (tertiary/aromatic N) is 1. The molecule has 4 N–H and O–H groups in total. The van der Waals surface area contributed by atoms with Crippen LogP contribution in [-0.2, 0) is 4.79 Å². The predicted molar refractivity (Wildman–Crippen MR) is 95.5 cm³/mol. The van der Waals surface area contributed by atoms with Gasteiger partial charge in [0.2, 0.25) is 5.88 Å². The monoisotopic (exact) mass is 359 g/mol. The van der Waals surface area contributed by atoms with Crippen molar-refractivity contribution in [1.29, 1.82) is 0 Å². The van der Waals surface area contributed by atoms with Crippen molar-refractivity contribution in [3.8, 4) is 11.6 Å². The highest BCUT2D eigenvalue weighted by molar-refractivity contribution is 5.90. The van der Waals surface area contributed by atoms with Gasteiger partial charge in [-0.05, 0) is 44.0 Å². The minimum absolute atomic E-state index is 0.434. The number of rotatable bonds is 6. The molecule has 138 valence electrons. The third-order valence-electron chi connectivity index (χ3n) is 3.60. The Morgan fingerprint density at radius 3 is 2.62 bits per heavy atom. The average Bonchev–Trinajstić information content (AvgIpc) is 2.56. The molecule has 2 rings (SSSR count). The molecule has 0 aliphatic rings. The van der Waals surface area contributed by atoms with Crippen LogP contribution in [0.4, 0.5) is 10.5 Å². The fourth-order valence-electron chi connectivity index (χ4n) is 1.97. The Labute approximate surface area is 150 Å². The van der Waals surface area contributed by atoms with Crippen LogP contribution in [0, 0.1) is 13.8 Å². The first-order valence-corrected chi connectivity index (χ1v) is 7.89. The first-order valence-electron chi connectivity index (χ1n) is 7.89. The fourth-order valence-corrected chi connectivity index (χ4v) is 1.97. The molecule has 0 bridgehead atoms. The number of carboxylic acid groups (broad SMARTS) is 1. The molecule has 0 saturated heterocycles. The summed E-state index contributed by atoms with van der Waals surface area (Å²) in [5.74, 6) is -0.458. The Morgan fingerprint density at radius 1 is 1.23 bits per heavy atom. The number of aryl methyl sites for hydroxylation is 2. The smallest absolute Gasteiger partial charge is 0.337 e. The lowest BCUT2D eigenvalue weighted by Crippen LogP contribution is -2.47.